The van der Waals surface area contributed by atoms with Crippen LogP contribution < -0.4 is 0 Å². The highest BCUT2D eigenvalue weighted by atomic mass is 35.5. The summed E-state index contributed by atoms with van der Waals surface area (Å²) in [7, 11) is 0. The number of ketones is 1. The van der Waals surface area contributed by atoms with Crippen LogP contribution in [-0.2, 0) is 0 Å². The number of Topliss-reactive ketones (excluding diaryl/α,β-unsaturated/α-hetero) is 1. The van der Waals surface area contributed by atoms with Gasteiger partial charge in [-0.2, -0.15) is 22.0 Å². The van der Waals surface area contributed by atoms with Crippen molar-refractivity contribution in [2.24, 2.45) is 0 Å². The number of rotatable bonds is 2. The Balaban J connectivity index is 3.37. The van der Waals surface area contributed by atoms with E-state index in [9.17, 15) is 26.7 Å². The standard InChI is InChI=1S/C9H2Cl3F5O/c10-3-1-4(11)6(5(12)2-3)7(18)8(13,14)9(15,16)17/h1-2H. The zero-order valence-corrected chi connectivity index (χ0v) is 10.4. The van der Waals surface area contributed by atoms with Crippen molar-refractivity contribution in [3.05, 3.63) is 32.8 Å². The maximum atomic E-state index is 12.8. The molecule has 0 aliphatic heterocycles. The van der Waals surface area contributed by atoms with Crippen LogP contribution in [0.5, 0.6) is 0 Å². The van der Waals surface area contributed by atoms with Gasteiger partial charge in [0, 0.05) is 5.02 Å². The fourth-order valence-electron chi connectivity index (χ4n) is 1.04. The molecule has 100 valence electrons. The van der Waals surface area contributed by atoms with E-state index < -0.39 is 33.5 Å². The average Bonchev–Trinajstić information content (AvgIpc) is 2.13. The van der Waals surface area contributed by atoms with E-state index in [1.54, 1.807) is 0 Å². The van der Waals surface area contributed by atoms with Crippen LogP contribution in [0.15, 0.2) is 12.1 Å². The van der Waals surface area contributed by atoms with Crippen molar-refractivity contribution < 1.29 is 26.7 Å². The normalized spacial score (nSPS) is 12.7. The molecule has 0 N–H and O–H groups in total. The zero-order chi connectivity index (χ0) is 14.3. The van der Waals surface area contributed by atoms with Gasteiger partial charge in [-0.1, -0.05) is 34.8 Å². The molecule has 0 atom stereocenters. The second kappa shape index (κ2) is 4.83. The van der Waals surface area contributed by atoms with Gasteiger partial charge in [0.25, 0.3) is 0 Å². The van der Waals surface area contributed by atoms with Crippen molar-refractivity contribution in [2.45, 2.75) is 12.1 Å². The van der Waals surface area contributed by atoms with Crippen LogP contribution in [0.1, 0.15) is 10.4 Å². The van der Waals surface area contributed by atoms with Crippen LogP contribution in [0.4, 0.5) is 22.0 Å². The maximum Gasteiger partial charge on any atom is 0.461 e. The molecule has 18 heavy (non-hydrogen) atoms. The summed E-state index contributed by atoms with van der Waals surface area (Å²) in [4.78, 5) is 11.2. The summed E-state index contributed by atoms with van der Waals surface area (Å²) in [5, 5.41) is -1.46. The highest BCUT2D eigenvalue weighted by Gasteiger charge is 2.63. The molecule has 0 spiro atoms. The number of carbonyl (C=O) groups excluding carboxylic acids is 1. The Bertz CT molecular complexity index is 474. The number of hydrogen-bond acceptors (Lipinski definition) is 1. The van der Waals surface area contributed by atoms with Crippen molar-refractivity contribution in [1.82, 2.24) is 0 Å². The fraction of sp³-hybridized carbons (Fsp3) is 0.222. The minimum absolute atomic E-state index is 0.100. The molecule has 0 unspecified atom stereocenters. The van der Waals surface area contributed by atoms with Crippen LogP contribution in [0.2, 0.25) is 15.1 Å². The molecule has 1 aromatic carbocycles. The maximum absolute atomic E-state index is 12.8. The summed E-state index contributed by atoms with van der Waals surface area (Å²) in [6, 6.07) is 1.68. The Morgan fingerprint density at radius 3 is 1.67 bits per heavy atom. The smallest absolute Gasteiger partial charge is 0.287 e. The third kappa shape index (κ3) is 2.70. The average molecular weight is 327 g/mol. The second-order valence-corrected chi connectivity index (χ2v) is 4.40. The lowest BCUT2D eigenvalue weighted by Crippen LogP contribution is -2.44. The Kier molecular flexibility index (Phi) is 4.15. The fourth-order valence-corrected chi connectivity index (χ4v) is 2.03. The largest absolute Gasteiger partial charge is 0.461 e. The first kappa shape index (κ1) is 15.5. The van der Waals surface area contributed by atoms with Crippen LogP contribution in [0.3, 0.4) is 0 Å². The van der Waals surface area contributed by atoms with Gasteiger partial charge in [0.05, 0.1) is 15.6 Å². The lowest BCUT2D eigenvalue weighted by atomic mass is 10.0. The van der Waals surface area contributed by atoms with Gasteiger partial charge in [-0.05, 0) is 12.1 Å². The molecule has 1 aromatic rings. The molecule has 1 rings (SSSR count). The van der Waals surface area contributed by atoms with Crippen molar-refractivity contribution >= 4 is 40.6 Å². The number of carbonyl (C=O) groups is 1. The molecule has 0 aliphatic rings. The van der Waals surface area contributed by atoms with E-state index in [2.05, 4.69) is 0 Å². The predicted molar refractivity (Wildman–Crippen MR) is 56.8 cm³/mol. The highest BCUT2D eigenvalue weighted by molar-refractivity contribution is 6.42. The van der Waals surface area contributed by atoms with Gasteiger partial charge >= 0.3 is 12.1 Å². The van der Waals surface area contributed by atoms with Gasteiger partial charge in [0.15, 0.2) is 0 Å². The van der Waals surface area contributed by atoms with Gasteiger partial charge in [0.1, 0.15) is 0 Å². The van der Waals surface area contributed by atoms with Crippen molar-refractivity contribution in [1.29, 1.82) is 0 Å². The minimum Gasteiger partial charge on any atom is -0.287 e. The number of halogens is 8. The molecule has 0 aromatic heterocycles. The molecule has 9 heteroatoms. The van der Waals surface area contributed by atoms with E-state index in [-0.39, 0.29) is 5.02 Å². The third-order valence-corrected chi connectivity index (χ3v) is 2.69. The zero-order valence-electron chi connectivity index (χ0n) is 8.09. The molecule has 0 saturated heterocycles. The van der Waals surface area contributed by atoms with Gasteiger partial charge in [-0.25, -0.2) is 0 Å². The minimum atomic E-state index is -6.03. The first-order chi connectivity index (χ1) is 7.98. The monoisotopic (exact) mass is 326 g/mol. The summed E-state index contributed by atoms with van der Waals surface area (Å²) < 4.78 is 61.8. The summed E-state index contributed by atoms with van der Waals surface area (Å²) >= 11 is 16.2. The Hall–Kier alpha value is -0.590. The molecule has 1 nitrogen and oxygen atoms in total. The molecule has 0 saturated carbocycles. The van der Waals surface area contributed by atoms with Crippen molar-refractivity contribution in [3.8, 4) is 0 Å². The van der Waals surface area contributed by atoms with E-state index in [0.717, 1.165) is 12.1 Å². The van der Waals surface area contributed by atoms with E-state index in [0.29, 0.717) is 0 Å². The van der Waals surface area contributed by atoms with Gasteiger partial charge in [-0.15, -0.1) is 0 Å². The lowest BCUT2D eigenvalue weighted by molar-refractivity contribution is -0.255. The van der Waals surface area contributed by atoms with Crippen molar-refractivity contribution in [3.63, 3.8) is 0 Å². The van der Waals surface area contributed by atoms with E-state index in [4.69, 9.17) is 34.8 Å². The Labute approximate surface area is 112 Å². The second-order valence-electron chi connectivity index (χ2n) is 3.15. The molecule has 0 amide bonds. The van der Waals surface area contributed by atoms with Crippen LogP contribution in [0.25, 0.3) is 0 Å². The molecule has 0 aliphatic carbocycles. The number of benzene rings is 1. The number of hydrogen-bond donors (Lipinski definition) is 0. The summed E-state index contributed by atoms with van der Waals surface area (Å²) in [5.74, 6) is -8.10. The lowest BCUT2D eigenvalue weighted by Gasteiger charge is -2.19. The quantitative estimate of drug-likeness (QED) is 0.550. The Morgan fingerprint density at radius 2 is 1.33 bits per heavy atom. The summed E-state index contributed by atoms with van der Waals surface area (Å²) in [5.41, 5.74) is -1.12. The third-order valence-electron chi connectivity index (χ3n) is 1.88. The van der Waals surface area contributed by atoms with E-state index >= 15 is 0 Å². The highest BCUT2D eigenvalue weighted by Crippen LogP contribution is 2.41. The topological polar surface area (TPSA) is 17.1 Å². The van der Waals surface area contributed by atoms with Gasteiger partial charge in [0.2, 0.25) is 5.78 Å². The van der Waals surface area contributed by atoms with Gasteiger partial charge in [-0.3, -0.25) is 4.79 Å². The van der Waals surface area contributed by atoms with Crippen LogP contribution >= 0.6 is 34.8 Å². The predicted octanol–water partition coefficient (Wildman–Crippen LogP) is 5.03. The van der Waals surface area contributed by atoms with Gasteiger partial charge < -0.3 is 0 Å². The first-order valence-corrected chi connectivity index (χ1v) is 5.25. The first-order valence-electron chi connectivity index (χ1n) is 4.12. The molecule has 0 bridgehead atoms. The summed E-state index contributed by atoms with van der Waals surface area (Å²) in [6.07, 6.45) is -6.03. The van der Waals surface area contributed by atoms with E-state index in [1.165, 1.54) is 0 Å². The SMILES string of the molecule is O=C(c1c(Cl)cc(Cl)cc1Cl)C(F)(F)C(F)(F)F. The molecular weight excluding hydrogens is 325 g/mol. The van der Waals surface area contributed by atoms with Crippen LogP contribution in [-0.4, -0.2) is 17.9 Å². The number of alkyl halides is 5. The Morgan fingerprint density at radius 1 is 0.944 bits per heavy atom. The summed E-state index contributed by atoms with van der Waals surface area (Å²) in [6.45, 7) is 0. The molecule has 0 radical (unpaired) electrons. The van der Waals surface area contributed by atoms with Crippen molar-refractivity contribution in [2.75, 3.05) is 0 Å². The van der Waals surface area contributed by atoms with E-state index in [1.807, 2.05) is 0 Å². The molecule has 0 fully saturated rings. The molecular formula is C9H2Cl3F5O. The molecule has 0 heterocycles. The van der Waals surface area contributed by atoms with Crippen LogP contribution in [0, 0.1) is 0 Å².